The largest absolute Gasteiger partial charge is 0.334 e. The van der Waals surface area contributed by atoms with Crippen molar-refractivity contribution in [3.05, 3.63) is 18.2 Å². The van der Waals surface area contributed by atoms with Crippen molar-refractivity contribution in [1.82, 2.24) is 15.0 Å². The Hall–Kier alpha value is -0.870. The molecule has 1 rings (SSSR count). The molecule has 62 valence electrons. The lowest BCUT2D eigenvalue weighted by atomic mass is 10.6. The number of hydrogen-bond donors (Lipinski definition) is 1. The number of aromatic nitrogens is 2. The number of hydrogen-bond acceptors (Lipinski definition) is 3. The minimum atomic E-state index is 0.650. The highest BCUT2D eigenvalue weighted by atomic mass is 16.6. The van der Waals surface area contributed by atoms with Gasteiger partial charge in [0, 0.05) is 18.9 Å². The molecule has 0 radical (unpaired) electrons. The third-order valence-corrected chi connectivity index (χ3v) is 1.52. The number of hydroxylamine groups is 1. The molecule has 0 aliphatic carbocycles. The van der Waals surface area contributed by atoms with E-state index in [1.807, 2.05) is 6.20 Å². The maximum Gasteiger partial charge on any atom is 0.125 e. The molecule has 0 aromatic carbocycles. The second kappa shape index (κ2) is 4.10. The summed E-state index contributed by atoms with van der Waals surface area (Å²) in [7, 11) is 1.60. The summed E-state index contributed by atoms with van der Waals surface area (Å²) in [5, 5.41) is 0. The molecule has 1 heterocycles. The fraction of sp³-hybridized carbons (Fsp3) is 0.571. The molecular formula is C7H13N3O. The van der Waals surface area contributed by atoms with Crippen LogP contribution >= 0.6 is 0 Å². The maximum absolute atomic E-state index is 4.71. The molecule has 0 saturated heterocycles. The molecule has 0 bridgehead atoms. The van der Waals surface area contributed by atoms with Crippen molar-refractivity contribution < 1.29 is 4.84 Å². The number of nitrogens with one attached hydrogen (secondary N) is 1. The molecule has 0 spiro atoms. The van der Waals surface area contributed by atoms with Gasteiger partial charge in [0.25, 0.3) is 0 Å². The van der Waals surface area contributed by atoms with Crippen molar-refractivity contribution in [3.63, 3.8) is 0 Å². The van der Waals surface area contributed by atoms with Crippen LogP contribution in [0.3, 0.4) is 0 Å². The van der Waals surface area contributed by atoms with Crippen LogP contribution in [0.15, 0.2) is 12.4 Å². The fourth-order valence-electron chi connectivity index (χ4n) is 0.932. The molecule has 11 heavy (non-hydrogen) atoms. The van der Waals surface area contributed by atoms with Gasteiger partial charge in [-0.15, -0.1) is 0 Å². The minimum absolute atomic E-state index is 0.650. The van der Waals surface area contributed by atoms with Gasteiger partial charge >= 0.3 is 0 Å². The van der Waals surface area contributed by atoms with E-state index in [4.69, 9.17) is 4.84 Å². The third kappa shape index (κ3) is 2.03. The van der Waals surface area contributed by atoms with Gasteiger partial charge in [0.15, 0.2) is 0 Å². The van der Waals surface area contributed by atoms with Gasteiger partial charge in [-0.2, -0.15) is 5.48 Å². The van der Waals surface area contributed by atoms with Crippen LogP contribution in [-0.4, -0.2) is 16.7 Å². The molecule has 0 fully saturated rings. The van der Waals surface area contributed by atoms with E-state index in [9.17, 15) is 0 Å². The first kappa shape index (κ1) is 8.23. The lowest BCUT2D eigenvalue weighted by molar-refractivity contribution is 0.0841. The summed E-state index contributed by atoms with van der Waals surface area (Å²) in [6.45, 7) is 3.68. The lowest BCUT2D eigenvalue weighted by Gasteiger charge is -2.03. The smallest absolute Gasteiger partial charge is 0.125 e. The summed E-state index contributed by atoms with van der Waals surface area (Å²) in [4.78, 5) is 8.86. The van der Waals surface area contributed by atoms with Gasteiger partial charge in [-0.05, 0) is 6.92 Å². The van der Waals surface area contributed by atoms with Crippen molar-refractivity contribution in [2.75, 3.05) is 7.11 Å². The van der Waals surface area contributed by atoms with Crippen LogP contribution in [0.4, 0.5) is 0 Å². The Labute approximate surface area is 66.1 Å². The zero-order valence-corrected chi connectivity index (χ0v) is 6.87. The van der Waals surface area contributed by atoms with E-state index < -0.39 is 0 Å². The van der Waals surface area contributed by atoms with E-state index in [0.29, 0.717) is 6.54 Å². The van der Waals surface area contributed by atoms with Crippen LogP contribution in [-0.2, 0) is 17.9 Å². The Morgan fingerprint density at radius 2 is 2.55 bits per heavy atom. The Morgan fingerprint density at radius 3 is 3.18 bits per heavy atom. The molecule has 0 aliphatic rings. The second-order valence-electron chi connectivity index (χ2n) is 2.15. The second-order valence-corrected chi connectivity index (χ2v) is 2.15. The van der Waals surface area contributed by atoms with Gasteiger partial charge in [0.1, 0.15) is 5.82 Å². The first-order chi connectivity index (χ1) is 5.38. The highest BCUT2D eigenvalue weighted by Gasteiger charge is 1.98. The highest BCUT2D eigenvalue weighted by Crippen LogP contribution is 1.95. The van der Waals surface area contributed by atoms with Crippen molar-refractivity contribution in [1.29, 1.82) is 0 Å². The Balaban J connectivity index is 2.54. The monoisotopic (exact) mass is 155 g/mol. The Bertz CT molecular complexity index is 209. The van der Waals surface area contributed by atoms with Gasteiger partial charge < -0.3 is 9.40 Å². The van der Waals surface area contributed by atoms with E-state index in [0.717, 1.165) is 12.4 Å². The number of imidazole rings is 1. The summed E-state index contributed by atoms with van der Waals surface area (Å²) in [5.41, 5.74) is 2.74. The first-order valence-corrected chi connectivity index (χ1v) is 3.64. The van der Waals surface area contributed by atoms with Crippen molar-refractivity contribution in [3.8, 4) is 0 Å². The van der Waals surface area contributed by atoms with Crippen molar-refractivity contribution in [2.24, 2.45) is 0 Å². The summed E-state index contributed by atoms with van der Waals surface area (Å²) >= 11 is 0. The summed E-state index contributed by atoms with van der Waals surface area (Å²) in [5.74, 6) is 0.995. The fourth-order valence-corrected chi connectivity index (χ4v) is 0.932. The van der Waals surface area contributed by atoms with Crippen LogP contribution < -0.4 is 5.48 Å². The number of rotatable bonds is 4. The van der Waals surface area contributed by atoms with Gasteiger partial charge in [-0.3, -0.25) is 0 Å². The topological polar surface area (TPSA) is 39.1 Å². The van der Waals surface area contributed by atoms with E-state index in [-0.39, 0.29) is 0 Å². The normalized spacial score (nSPS) is 10.4. The van der Waals surface area contributed by atoms with Crippen LogP contribution in [0, 0.1) is 0 Å². The SMILES string of the molecule is CCn1ccnc1CNOC. The van der Waals surface area contributed by atoms with Gasteiger partial charge in [0.2, 0.25) is 0 Å². The molecule has 0 amide bonds. The first-order valence-electron chi connectivity index (χ1n) is 3.64. The van der Waals surface area contributed by atoms with Crippen molar-refractivity contribution >= 4 is 0 Å². The average molecular weight is 155 g/mol. The molecule has 0 unspecified atom stereocenters. The molecule has 0 atom stereocenters. The average Bonchev–Trinajstić information content (AvgIpc) is 2.47. The summed E-state index contributed by atoms with van der Waals surface area (Å²) in [6.07, 6.45) is 3.74. The predicted octanol–water partition coefficient (Wildman–Crippen LogP) is 0.554. The third-order valence-electron chi connectivity index (χ3n) is 1.52. The molecule has 1 aromatic heterocycles. The van der Waals surface area contributed by atoms with Crippen LogP contribution in [0.5, 0.6) is 0 Å². The Morgan fingerprint density at radius 1 is 1.73 bits per heavy atom. The van der Waals surface area contributed by atoms with Crippen LogP contribution in [0.25, 0.3) is 0 Å². The minimum Gasteiger partial charge on any atom is -0.334 e. The van der Waals surface area contributed by atoms with Crippen LogP contribution in [0.2, 0.25) is 0 Å². The van der Waals surface area contributed by atoms with Crippen LogP contribution in [0.1, 0.15) is 12.7 Å². The quantitative estimate of drug-likeness (QED) is 0.645. The lowest BCUT2D eigenvalue weighted by Crippen LogP contribution is -2.15. The predicted molar refractivity (Wildman–Crippen MR) is 41.7 cm³/mol. The van der Waals surface area contributed by atoms with E-state index >= 15 is 0 Å². The zero-order chi connectivity index (χ0) is 8.10. The van der Waals surface area contributed by atoms with Gasteiger partial charge in [0.05, 0.1) is 13.7 Å². The molecule has 0 aliphatic heterocycles. The highest BCUT2D eigenvalue weighted by molar-refractivity contribution is 4.90. The molecule has 1 aromatic rings. The van der Waals surface area contributed by atoms with Crippen molar-refractivity contribution in [2.45, 2.75) is 20.0 Å². The zero-order valence-electron chi connectivity index (χ0n) is 6.87. The van der Waals surface area contributed by atoms with Gasteiger partial charge in [-0.1, -0.05) is 0 Å². The standard InChI is InChI=1S/C7H13N3O/c1-3-10-5-4-8-7(10)6-9-11-2/h4-5,9H,3,6H2,1-2H3. The molecule has 4 nitrogen and oxygen atoms in total. The molecule has 4 heteroatoms. The number of nitrogens with zero attached hydrogens (tertiary/aromatic N) is 2. The van der Waals surface area contributed by atoms with E-state index in [1.54, 1.807) is 13.3 Å². The van der Waals surface area contributed by atoms with Gasteiger partial charge in [-0.25, -0.2) is 4.98 Å². The van der Waals surface area contributed by atoms with E-state index in [2.05, 4.69) is 22.0 Å². The Kier molecular flexibility index (Phi) is 3.07. The van der Waals surface area contributed by atoms with E-state index in [1.165, 1.54) is 0 Å². The summed E-state index contributed by atoms with van der Waals surface area (Å²) < 4.78 is 2.06. The maximum atomic E-state index is 4.71. The molecule has 0 saturated carbocycles. The molecular weight excluding hydrogens is 142 g/mol. The summed E-state index contributed by atoms with van der Waals surface area (Å²) in [6, 6.07) is 0. The number of aryl methyl sites for hydroxylation is 1. The molecule has 1 N–H and O–H groups in total.